The number of hydrogen-bond acceptors (Lipinski definition) is 5. The molecule has 2 heterocycles. The van der Waals surface area contributed by atoms with Crippen molar-refractivity contribution in [3.8, 4) is 5.75 Å². The number of rotatable bonds is 5. The molecule has 0 aromatic heterocycles. The van der Waals surface area contributed by atoms with Crippen molar-refractivity contribution >= 4 is 32.2 Å². The molecule has 6 nitrogen and oxygen atoms in total. The van der Waals surface area contributed by atoms with Crippen LogP contribution >= 0.6 is 0 Å². The predicted molar refractivity (Wildman–Crippen MR) is 120 cm³/mol. The molecule has 1 N–H and O–H groups in total. The Labute approximate surface area is 177 Å². The maximum absolute atomic E-state index is 13.1. The number of phenols is 1. The molecule has 0 amide bonds. The molecule has 3 aromatic rings. The van der Waals surface area contributed by atoms with Gasteiger partial charge in [0.15, 0.2) is 0 Å². The summed E-state index contributed by atoms with van der Waals surface area (Å²) in [6.45, 7) is 5.01. The summed E-state index contributed by atoms with van der Waals surface area (Å²) < 4.78 is 27.7. The number of nitrogens with zero attached hydrogens (tertiary/aromatic N) is 3. The second-order valence-electron chi connectivity index (χ2n) is 7.91. The molecule has 0 bridgehead atoms. The standard InChI is InChI=1S/C23H25N3O3S/c27-20-8-3-7-19(17-20)25-15-13-24(14-16-25)11-4-12-26-21-9-1-5-18-6-2-10-22(23(18)21)30(26,28)29/h1-3,5-10,17,27H,4,11-16H2. The van der Waals surface area contributed by atoms with Gasteiger partial charge in [0.2, 0.25) is 0 Å². The summed E-state index contributed by atoms with van der Waals surface area (Å²) in [6, 6.07) is 18.7. The first kappa shape index (κ1) is 19.2. The Morgan fingerprint density at radius 1 is 0.867 bits per heavy atom. The molecule has 0 unspecified atom stereocenters. The molecule has 156 valence electrons. The van der Waals surface area contributed by atoms with Crippen LogP contribution in [-0.4, -0.2) is 57.7 Å². The molecule has 7 heteroatoms. The second kappa shape index (κ2) is 7.49. The Bertz CT molecular complexity index is 1180. The third kappa shape index (κ3) is 3.28. The van der Waals surface area contributed by atoms with Crippen LogP contribution in [0.15, 0.2) is 65.6 Å². The minimum atomic E-state index is -3.47. The largest absolute Gasteiger partial charge is 0.508 e. The van der Waals surface area contributed by atoms with Crippen LogP contribution in [0.5, 0.6) is 5.75 Å². The van der Waals surface area contributed by atoms with Crippen LogP contribution in [-0.2, 0) is 10.0 Å². The minimum absolute atomic E-state index is 0.290. The van der Waals surface area contributed by atoms with Gasteiger partial charge in [-0.3, -0.25) is 9.21 Å². The number of aromatic hydroxyl groups is 1. The first-order chi connectivity index (χ1) is 14.5. The summed E-state index contributed by atoms with van der Waals surface area (Å²) in [5, 5.41) is 11.5. The van der Waals surface area contributed by atoms with E-state index in [9.17, 15) is 13.5 Å². The fourth-order valence-electron chi connectivity index (χ4n) is 4.56. The van der Waals surface area contributed by atoms with Crippen LogP contribution < -0.4 is 9.21 Å². The molecule has 0 radical (unpaired) electrons. The highest BCUT2D eigenvalue weighted by atomic mass is 32.2. The van der Waals surface area contributed by atoms with Crippen LogP contribution in [0.1, 0.15) is 6.42 Å². The summed E-state index contributed by atoms with van der Waals surface area (Å²) in [5.74, 6) is 0.290. The van der Waals surface area contributed by atoms with Gasteiger partial charge in [-0.25, -0.2) is 8.42 Å². The second-order valence-corrected chi connectivity index (χ2v) is 9.74. The summed E-state index contributed by atoms with van der Waals surface area (Å²) in [7, 11) is -3.47. The lowest BCUT2D eigenvalue weighted by atomic mass is 10.1. The van der Waals surface area contributed by atoms with Crippen LogP contribution in [0.2, 0.25) is 0 Å². The van der Waals surface area contributed by atoms with Crippen LogP contribution in [0.4, 0.5) is 11.4 Å². The van der Waals surface area contributed by atoms with Gasteiger partial charge in [0, 0.05) is 56.4 Å². The summed E-state index contributed by atoms with van der Waals surface area (Å²) >= 11 is 0. The number of phenolic OH excluding ortho intramolecular Hbond substituents is 1. The molecule has 2 aliphatic heterocycles. The summed E-state index contributed by atoms with van der Waals surface area (Å²) in [5.41, 5.74) is 1.85. The third-order valence-electron chi connectivity index (χ3n) is 6.08. The highest BCUT2D eigenvalue weighted by Gasteiger charge is 2.35. The van der Waals surface area contributed by atoms with Crippen LogP contribution in [0.25, 0.3) is 10.8 Å². The molecule has 5 rings (SSSR count). The van der Waals surface area contributed by atoms with Gasteiger partial charge in [0.25, 0.3) is 10.0 Å². The smallest absolute Gasteiger partial charge is 0.265 e. The molecule has 30 heavy (non-hydrogen) atoms. The fraction of sp³-hybridized carbons (Fsp3) is 0.304. The third-order valence-corrected chi connectivity index (χ3v) is 7.94. The van der Waals surface area contributed by atoms with Crippen LogP contribution in [0.3, 0.4) is 0 Å². The monoisotopic (exact) mass is 423 g/mol. The minimum Gasteiger partial charge on any atom is -0.508 e. The fourth-order valence-corrected chi connectivity index (χ4v) is 6.31. The number of sulfonamides is 1. The van der Waals surface area contributed by atoms with Gasteiger partial charge in [-0.15, -0.1) is 0 Å². The number of hydrogen-bond donors (Lipinski definition) is 1. The van der Waals surface area contributed by atoms with Gasteiger partial charge in [-0.1, -0.05) is 30.3 Å². The van der Waals surface area contributed by atoms with Crippen molar-refractivity contribution in [3.63, 3.8) is 0 Å². The Hall–Kier alpha value is -2.77. The Balaban J connectivity index is 1.21. The van der Waals surface area contributed by atoms with E-state index >= 15 is 0 Å². The van der Waals surface area contributed by atoms with E-state index in [4.69, 9.17) is 0 Å². The topological polar surface area (TPSA) is 64.1 Å². The predicted octanol–water partition coefficient (Wildman–Crippen LogP) is 3.27. The average molecular weight is 424 g/mol. The van der Waals surface area contributed by atoms with E-state index in [1.807, 2.05) is 42.5 Å². The van der Waals surface area contributed by atoms with Crippen molar-refractivity contribution in [1.82, 2.24) is 4.90 Å². The van der Waals surface area contributed by atoms with E-state index in [2.05, 4.69) is 9.80 Å². The van der Waals surface area contributed by atoms with E-state index in [0.717, 1.165) is 61.3 Å². The lowest BCUT2D eigenvalue weighted by Gasteiger charge is -2.36. The zero-order valence-electron chi connectivity index (χ0n) is 16.7. The van der Waals surface area contributed by atoms with Gasteiger partial charge >= 0.3 is 0 Å². The maximum atomic E-state index is 13.1. The molecule has 0 saturated carbocycles. The number of anilines is 2. The average Bonchev–Trinajstić information content (AvgIpc) is 2.97. The molecule has 0 aliphatic carbocycles. The highest BCUT2D eigenvalue weighted by Crippen LogP contribution is 2.41. The molecule has 0 spiro atoms. The molecular formula is C23H25N3O3S. The van der Waals surface area contributed by atoms with Gasteiger partial charge < -0.3 is 10.0 Å². The van der Waals surface area contributed by atoms with Gasteiger partial charge in [-0.05, 0) is 36.1 Å². The summed E-state index contributed by atoms with van der Waals surface area (Å²) in [6.07, 6.45) is 0.787. The van der Waals surface area contributed by atoms with E-state index in [1.165, 1.54) is 0 Å². The highest BCUT2D eigenvalue weighted by molar-refractivity contribution is 7.93. The first-order valence-corrected chi connectivity index (χ1v) is 11.8. The van der Waals surface area contributed by atoms with Crippen molar-refractivity contribution in [1.29, 1.82) is 0 Å². The van der Waals surface area contributed by atoms with E-state index in [1.54, 1.807) is 22.5 Å². The van der Waals surface area contributed by atoms with Crippen molar-refractivity contribution in [3.05, 3.63) is 60.7 Å². The normalized spacial score (nSPS) is 18.3. The van der Waals surface area contributed by atoms with E-state index < -0.39 is 10.0 Å². The molecule has 2 aliphatic rings. The lowest BCUT2D eigenvalue weighted by Crippen LogP contribution is -2.47. The van der Waals surface area contributed by atoms with Crippen molar-refractivity contribution < 1.29 is 13.5 Å². The Morgan fingerprint density at radius 2 is 1.60 bits per heavy atom. The van der Waals surface area contributed by atoms with Crippen molar-refractivity contribution in [2.45, 2.75) is 11.3 Å². The number of benzene rings is 3. The van der Waals surface area contributed by atoms with Gasteiger partial charge in [0.05, 0.1) is 10.6 Å². The van der Waals surface area contributed by atoms with E-state index in [-0.39, 0.29) is 5.75 Å². The number of piperazine rings is 1. The van der Waals surface area contributed by atoms with Gasteiger partial charge in [-0.2, -0.15) is 0 Å². The molecule has 1 saturated heterocycles. The summed E-state index contributed by atoms with van der Waals surface area (Å²) in [4.78, 5) is 5.09. The maximum Gasteiger partial charge on any atom is 0.265 e. The zero-order valence-corrected chi connectivity index (χ0v) is 17.6. The Kier molecular flexibility index (Phi) is 4.79. The molecule has 3 aromatic carbocycles. The van der Waals surface area contributed by atoms with Crippen LogP contribution in [0, 0.1) is 0 Å². The Morgan fingerprint density at radius 3 is 2.37 bits per heavy atom. The van der Waals surface area contributed by atoms with Crippen molar-refractivity contribution in [2.24, 2.45) is 0 Å². The van der Waals surface area contributed by atoms with Crippen molar-refractivity contribution in [2.75, 3.05) is 48.5 Å². The molecule has 0 atom stereocenters. The zero-order chi connectivity index (χ0) is 20.7. The van der Waals surface area contributed by atoms with E-state index in [0.29, 0.717) is 11.4 Å². The quantitative estimate of drug-likeness (QED) is 0.682. The lowest BCUT2D eigenvalue weighted by molar-refractivity contribution is 0.256. The SMILES string of the molecule is O=S1(=O)c2cccc3cccc(c23)N1CCCN1CCN(c2cccc(O)c2)CC1. The van der Waals surface area contributed by atoms with Gasteiger partial charge in [0.1, 0.15) is 5.75 Å². The molecular weight excluding hydrogens is 398 g/mol. The molecule has 1 fully saturated rings. The first-order valence-electron chi connectivity index (χ1n) is 10.3.